The van der Waals surface area contributed by atoms with Crippen molar-refractivity contribution in [3.05, 3.63) is 72.9 Å². The predicted molar refractivity (Wildman–Crippen MR) is 253 cm³/mol. The molecule has 9 nitrogen and oxygen atoms in total. The highest BCUT2D eigenvalue weighted by Crippen LogP contribution is 2.13. The van der Waals surface area contributed by atoms with Gasteiger partial charge in [0, 0.05) is 12.8 Å². The fourth-order valence-corrected chi connectivity index (χ4v) is 6.21. The van der Waals surface area contributed by atoms with E-state index in [0.717, 1.165) is 96.3 Å². The van der Waals surface area contributed by atoms with E-state index in [1.807, 2.05) is 21.1 Å². The third-order valence-corrected chi connectivity index (χ3v) is 9.95. The van der Waals surface area contributed by atoms with Gasteiger partial charge in [-0.2, -0.15) is 0 Å². The van der Waals surface area contributed by atoms with Crippen molar-refractivity contribution in [1.29, 1.82) is 0 Å². The highest BCUT2D eigenvalue weighted by Gasteiger charge is 2.25. The predicted octanol–water partition coefficient (Wildman–Crippen LogP) is 13.1. The van der Waals surface area contributed by atoms with E-state index in [9.17, 15) is 19.5 Å². The summed E-state index contributed by atoms with van der Waals surface area (Å²) >= 11 is 0. The maximum atomic E-state index is 12.8. The van der Waals surface area contributed by atoms with E-state index in [4.69, 9.17) is 18.9 Å². The zero-order valence-electron chi connectivity index (χ0n) is 39.5. The summed E-state index contributed by atoms with van der Waals surface area (Å²) in [5.41, 5.74) is 0. The highest BCUT2D eigenvalue weighted by atomic mass is 16.7. The van der Waals surface area contributed by atoms with Crippen molar-refractivity contribution < 1.29 is 42.9 Å². The standard InChI is InChI=1S/C52H89NO8/c1-6-8-10-12-14-16-18-20-22-23-24-25-26-27-29-31-33-35-37-39-41-43-50(55)61-48(47-60-52(51(56)57)58-45-44-53(3,4)5)46-59-49(54)42-40-38-36-34-32-30-28-21-19-17-15-13-11-9-7-2/h8,10,14-17,20-22,24-25,28,48,52H,6-7,9,11-13,18-19,23,26-27,29-47H2,1-5H3/p+1/b10-8-,16-14-,17-15-,22-20-,25-24-,28-21-. The minimum Gasteiger partial charge on any atom is -0.477 e. The molecule has 0 aromatic rings. The number of ether oxygens (including phenoxy) is 4. The number of hydrogen-bond acceptors (Lipinski definition) is 7. The summed E-state index contributed by atoms with van der Waals surface area (Å²) in [5.74, 6) is -2.04. The molecule has 0 amide bonds. The lowest BCUT2D eigenvalue weighted by Crippen LogP contribution is -2.40. The first-order valence-electron chi connectivity index (χ1n) is 24.1. The molecule has 0 aliphatic carbocycles. The molecule has 0 spiro atoms. The van der Waals surface area contributed by atoms with Gasteiger partial charge in [-0.25, -0.2) is 4.79 Å². The van der Waals surface area contributed by atoms with Gasteiger partial charge < -0.3 is 28.5 Å². The molecule has 0 aliphatic heterocycles. The summed E-state index contributed by atoms with van der Waals surface area (Å²) < 4.78 is 22.7. The van der Waals surface area contributed by atoms with Crippen LogP contribution in [-0.4, -0.2) is 87.4 Å². The smallest absolute Gasteiger partial charge is 0.361 e. The normalized spacial score (nSPS) is 13.5. The summed E-state index contributed by atoms with van der Waals surface area (Å²) in [6, 6.07) is 0. The number of unbranched alkanes of at least 4 members (excludes halogenated alkanes) is 16. The van der Waals surface area contributed by atoms with Crippen LogP contribution in [0.1, 0.15) is 181 Å². The maximum absolute atomic E-state index is 12.8. The minimum atomic E-state index is -1.52. The average molecular weight is 857 g/mol. The van der Waals surface area contributed by atoms with Crippen LogP contribution in [0.3, 0.4) is 0 Å². The van der Waals surface area contributed by atoms with Crippen LogP contribution < -0.4 is 0 Å². The zero-order chi connectivity index (χ0) is 44.9. The monoisotopic (exact) mass is 857 g/mol. The van der Waals surface area contributed by atoms with Crippen LogP contribution >= 0.6 is 0 Å². The third kappa shape index (κ3) is 44.6. The molecule has 0 rings (SSSR count). The SMILES string of the molecule is CC/C=C\C/C=C\C/C=C\C/C=C\CCCCCCCCCCC(=O)OC(COC(=O)CCCCCCC/C=C\C/C=C\CCCCC)COC(OCC[N+](C)(C)C)C(=O)O. The Labute approximate surface area is 373 Å². The number of nitrogens with zero attached hydrogens (tertiary/aromatic N) is 1. The highest BCUT2D eigenvalue weighted by molar-refractivity contribution is 5.71. The van der Waals surface area contributed by atoms with Gasteiger partial charge in [0.1, 0.15) is 13.2 Å². The Kier molecular flexibility index (Phi) is 41.1. The van der Waals surface area contributed by atoms with Crippen molar-refractivity contribution >= 4 is 17.9 Å². The van der Waals surface area contributed by atoms with E-state index in [-0.39, 0.29) is 38.6 Å². The molecule has 9 heteroatoms. The van der Waals surface area contributed by atoms with E-state index in [2.05, 4.69) is 86.8 Å². The molecule has 0 fully saturated rings. The van der Waals surface area contributed by atoms with Crippen molar-refractivity contribution in [3.63, 3.8) is 0 Å². The number of likely N-dealkylation sites (N-methyl/N-ethyl adjacent to an activating group) is 1. The molecular formula is C52H90NO8+. The second kappa shape index (κ2) is 43.4. The molecule has 2 unspecified atom stereocenters. The van der Waals surface area contributed by atoms with E-state index in [0.29, 0.717) is 17.4 Å². The van der Waals surface area contributed by atoms with Crippen LogP contribution in [0, 0.1) is 0 Å². The van der Waals surface area contributed by atoms with Crippen molar-refractivity contribution in [2.45, 2.75) is 193 Å². The van der Waals surface area contributed by atoms with E-state index < -0.39 is 24.3 Å². The Balaban J connectivity index is 4.42. The first kappa shape index (κ1) is 57.7. The van der Waals surface area contributed by atoms with Gasteiger partial charge >= 0.3 is 17.9 Å². The molecular weight excluding hydrogens is 767 g/mol. The van der Waals surface area contributed by atoms with Crippen LogP contribution in [0.15, 0.2) is 72.9 Å². The number of aliphatic carboxylic acids is 1. The number of allylic oxidation sites excluding steroid dienone is 12. The summed E-state index contributed by atoms with van der Waals surface area (Å²) in [7, 11) is 5.94. The number of carbonyl (C=O) groups is 3. The Bertz CT molecular complexity index is 1230. The van der Waals surface area contributed by atoms with Gasteiger partial charge in [0.05, 0.1) is 34.4 Å². The second-order valence-electron chi connectivity index (χ2n) is 17.0. The lowest BCUT2D eigenvalue weighted by molar-refractivity contribution is -0.870. The van der Waals surface area contributed by atoms with Crippen molar-refractivity contribution in [2.75, 3.05) is 47.5 Å². The van der Waals surface area contributed by atoms with Crippen molar-refractivity contribution in [2.24, 2.45) is 0 Å². The molecule has 350 valence electrons. The molecule has 61 heavy (non-hydrogen) atoms. The Morgan fingerprint density at radius 1 is 0.508 bits per heavy atom. The van der Waals surface area contributed by atoms with Gasteiger partial charge in [-0.05, 0) is 83.5 Å². The molecule has 0 saturated heterocycles. The van der Waals surface area contributed by atoms with Gasteiger partial charge in [-0.15, -0.1) is 0 Å². The topological polar surface area (TPSA) is 108 Å². The number of rotatable bonds is 43. The van der Waals surface area contributed by atoms with E-state index in [1.165, 1.54) is 51.4 Å². The largest absolute Gasteiger partial charge is 0.477 e. The number of carbonyl (C=O) groups excluding carboxylic acids is 2. The molecule has 0 heterocycles. The Morgan fingerprint density at radius 3 is 1.39 bits per heavy atom. The molecule has 0 saturated carbocycles. The van der Waals surface area contributed by atoms with Crippen LogP contribution in [0.5, 0.6) is 0 Å². The summed E-state index contributed by atoms with van der Waals surface area (Å²) in [6.45, 7) is 4.69. The van der Waals surface area contributed by atoms with Gasteiger partial charge in [0.2, 0.25) is 0 Å². The second-order valence-corrected chi connectivity index (χ2v) is 17.0. The quantitative estimate of drug-likeness (QED) is 0.0212. The zero-order valence-corrected chi connectivity index (χ0v) is 39.5. The molecule has 0 aliphatic rings. The Hall–Kier alpha value is -3.27. The van der Waals surface area contributed by atoms with Crippen molar-refractivity contribution in [3.8, 4) is 0 Å². The molecule has 0 radical (unpaired) electrons. The average Bonchev–Trinajstić information content (AvgIpc) is 3.22. The van der Waals surface area contributed by atoms with Gasteiger partial charge in [-0.1, -0.05) is 157 Å². The van der Waals surface area contributed by atoms with Crippen LogP contribution in [0.25, 0.3) is 0 Å². The first-order valence-corrected chi connectivity index (χ1v) is 24.1. The van der Waals surface area contributed by atoms with Gasteiger partial charge in [0.25, 0.3) is 6.29 Å². The molecule has 1 N–H and O–H groups in total. The number of quaternary nitrogens is 1. The van der Waals surface area contributed by atoms with Crippen molar-refractivity contribution in [1.82, 2.24) is 0 Å². The summed E-state index contributed by atoms with van der Waals surface area (Å²) in [4.78, 5) is 37.2. The lowest BCUT2D eigenvalue weighted by Gasteiger charge is -2.25. The number of esters is 2. The summed E-state index contributed by atoms with van der Waals surface area (Å²) in [6.07, 6.45) is 51.0. The van der Waals surface area contributed by atoms with Crippen LogP contribution in [0.4, 0.5) is 0 Å². The maximum Gasteiger partial charge on any atom is 0.361 e. The van der Waals surface area contributed by atoms with Gasteiger partial charge in [-0.3, -0.25) is 9.59 Å². The first-order chi connectivity index (χ1) is 29.6. The number of hydrogen-bond donors (Lipinski definition) is 1. The Morgan fingerprint density at radius 2 is 0.934 bits per heavy atom. The van der Waals surface area contributed by atoms with Gasteiger partial charge in [0.15, 0.2) is 6.10 Å². The van der Waals surface area contributed by atoms with Crippen LogP contribution in [-0.2, 0) is 33.3 Å². The minimum absolute atomic E-state index is 0.180. The third-order valence-electron chi connectivity index (χ3n) is 9.95. The van der Waals surface area contributed by atoms with E-state index >= 15 is 0 Å². The van der Waals surface area contributed by atoms with E-state index in [1.54, 1.807) is 0 Å². The molecule has 0 aromatic carbocycles. The lowest BCUT2D eigenvalue weighted by atomic mass is 10.1. The molecule has 0 aromatic heterocycles. The summed E-state index contributed by atoms with van der Waals surface area (Å²) in [5, 5.41) is 9.65. The number of carboxylic acids is 1. The fraction of sp³-hybridized carbons (Fsp3) is 0.712. The number of carboxylic acid groups (broad SMARTS) is 1. The van der Waals surface area contributed by atoms with Crippen LogP contribution in [0.2, 0.25) is 0 Å². The fourth-order valence-electron chi connectivity index (χ4n) is 6.21. The molecule has 0 bridgehead atoms. The molecule has 2 atom stereocenters.